The third kappa shape index (κ3) is 6.11. The van der Waals surface area contributed by atoms with Crippen molar-refractivity contribution in [1.29, 1.82) is 0 Å². The summed E-state index contributed by atoms with van der Waals surface area (Å²) in [6.45, 7) is 0.361. The number of benzene rings is 4. The number of hydrogen-bond donors (Lipinski definition) is 0. The van der Waals surface area contributed by atoms with E-state index in [1.165, 1.54) is 0 Å². The molecule has 3 nitrogen and oxygen atoms in total. The summed E-state index contributed by atoms with van der Waals surface area (Å²) in [5, 5.41) is 1.19. The van der Waals surface area contributed by atoms with Crippen LogP contribution in [0.3, 0.4) is 0 Å². The Hall–Kier alpha value is -3.27. The molecule has 4 aromatic rings. The van der Waals surface area contributed by atoms with Crippen LogP contribution in [0.2, 0.25) is 10.0 Å². The Kier molecular flexibility index (Phi) is 6.88. The van der Waals surface area contributed by atoms with Crippen LogP contribution in [0.4, 0.5) is 5.69 Å². The van der Waals surface area contributed by atoms with Crippen molar-refractivity contribution in [2.24, 2.45) is 4.99 Å². The van der Waals surface area contributed by atoms with Crippen LogP contribution in [0.25, 0.3) is 0 Å². The van der Waals surface area contributed by atoms with E-state index in [-0.39, 0.29) is 0 Å². The monoisotopic (exact) mass is 447 g/mol. The van der Waals surface area contributed by atoms with Crippen LogP contribution in [0.1, 0.15) is 11.1 Å². The van der Waals surface area contributed by atoms with E-state index in [1.807, 2.05) is 84.9 Å². The summed E-state index contributed by atoms with van der Waals surface area (Å²) >= 11 is 12.1. The fourth-order valence-corrected chi connectivity index (χ4v) is 3.32. The van der Waals surface area contributed by atoms with E-state index >= 15 is 0 Å². The minimum atomic E-state index is 0.361. The standard InChI is InChI=1S/C26H19Cl2NO2/c27-21-10-9-20(26(28)16-21)18-30-25-8-4-5-19(15-25)17-29-22-11-13-24(14-12-22)31-23-6-2-1-3-7-23/h1-17H,18H2. The predicted octanol–water partition coefficient (Wildman–Crippen LogP) is 8.12. The first-order valence-corrected chi connectivity index (χ1v) is 10.5. The Morgan fingerprint density at radius 2 is 1.45 bits per heavy atom. The van der Waals surface area contributed by atoms with Crippen molar-refractivity contribution < 1.29 is 9.47 Å². The summed E-state index contributed by atoms with van der Waals surface area (Å²) in [4.78, 5) is 4.54. The molecule has 0 saturated heterocycles. The van der Waals surface area contributed by atoms with Crippen LogP contribution in [-0.4, -0.2) is 6.21 Å². The van der Waals surface area contributed by atoms with Gasteiger partial charge in [0, 0.05) is 21.8 Å². The lowest BCUT2D eigenvalue weighted by Gasteiger charge is -2.08. The van der Waals surface area contributed by atoms with Gasteiger partial charge in [0.2, 0.25) is 0 Å². The molecule has 0 radical (unpaired) electrons. The largest absolute Gasteiger partial charge is 0.489 e. The second kappa shape index (κ2) is 10.2. The quantitative estimate of drug-likeness (QED) is 0.267. The molecule has 0 N–H and O–H groups in total. The van der Waals surface area contributed by atoms with Crippen molar-refractivity contribution in [1.82, 2.24) is 0 Å². The molecular formula is C26H19Cl2NO2. The van der Waals surface area contributed by atoms with Gasteiger partial charge in [-0.2, -0.15) is 0 Å². The zero-order valence-corrected chi connectivity index (χ0v) is 18.1. The minimum absolute atomic E-state index is 0.361. The summed E-state index contributed by atoms with van der Waals surface area (Å²) in [6, 6.07) is 30.4. The number of halogens is 2. The van der Waals surface area contributed by atoms with Gasteiger partial charge in [-0.1, -0.05) is 59.6 Å². The lowest BCUT2D eigenvalue weighted by atomic mass is 10.2. The fraction of sp³-hybridized carbons (Fsp3) is 0.0385. The molecule has 0 fully saturated rings. The summed E-state index contributed by atoms with van der Waals surface area (Å²) < 4.78 is 11.7. The number of rotatable bonds is 7. The zero-order chi connectivity index (χ0) is 21.5. The summed E-state index contributed by atoms with van der Waals surface area (Å²) in [6.07, 6.45) is 1.80. The maximum Gasteiger partial charge on any atom is 0.127 e. The minimum Gasteiger partial charge on any atom is -0.489 e. The Morgan fingerprint density at radius 1 is 0.710 bits per heavy atom. The van der Waals surface area contributed by atoms with Gasteiger partial charge < -0.3 is 9.47 Å². The molecule has 0 heterocycles. The maximum atomic E-state index is 6.21. The third-order valence-corrected chi connectivity index (χ3v) is 5.03. The first-order chi connectivity index (χ1) is 15.2. The van der Waals surface area contributed by atoms with E-state index in [0.717, 1.165) is 34.1 Å². The van der Waals surface area contributed by atoms with Crippen molar-refractivity contribution in [3.8, 4) is 17.2 Å². The molecule has 31 heavy (non-hydrogen) atoms. The topological polar surface area (TPSA) is 30.8 Å². The molecule has 0 aliphatic carbocycles. The molecule has 0 aromatic heterocycles. The van der Waals surface area contributed by atoms with Gasteiger partial charge in [0.1, 0.15) is 23.9 Å². The highest BCUT2D eigenvalue weighted by atomic mass is 35.5. The molecule has 5 heteroatoms. The highest BCUT2D eigenvalue weighted by Crippen LogP contribution is 2.25. The van der Waals surface area contributed by atoms with Gasteiger partial charge in [-0.15, -0.1) is 0 Å². The van der Waals surface area contributed by atoms with E-state index < -0.39 is 0 Å². The Morgan fingerprint density at radius 3 is 2.23 bits per heavy atom. The zero-order valence-electron chi connectivity index (χ0n) is 16.5. The third-order valence-electron chi connectivity index (χ3n) is 4.45. The van der Waals surface area contributed by atoms with E-state index in [4.69, 9.17) is 32.7 Å². The molecule has 0 aliphatic rings. The fourth-order valence-electron chi connectivity index (χ4n) is 2.86. The van der Waals surface area contributed by atoms with Crippen LogP contribution in [-0.2, 0) is 6.61 Å². The molecule has 0 saturated carbocycles. The van der Waals surface area contributed by atoms with Crippen LogP contribution < -0.4 is 9.47 Å². The van der Waals surface area contributed by atoms with Crippen molar-refractivity contribution in [3.05, 3.63) is 118 Å². The van der Waals surface area contributed by atoms with Crippen LogP contribution in [0, 0.1) is 0 Å². The highest BCUT2D eigenvalue weighted by molar-refractivity contribution is 6.35. The second-order valence-electron chi connectivity index (χ2n) is 6.76. The Bertz CT molecular complexity index is 1180. The molecule has 4 aromatic carbocycles. The molecule has 0 spiro atoms. The number of aliphatic imine (C=N–C) groups is 1. The SMILES string of the molecule is Clc1ccc(COc2cccc(C=Nc3ccc(Oc4ccccc4)cc3)c2)c(Cl)c1. The van der Waals surface area contributed by atoms with Gasteiger partial charge in [-0.05, 0) is 66.2 Å². The van der Waals surface area contributed by atoms with Crippen LogP contribution in [0.15, 0.2) is 102 Å². The molecule has 0 atom stereocenters. The first kappa shape index (κ1) is 21.0. The number of nitrogens with zero attached hydrogens (tertiary/aromatic N) is 1. The lowest BCUT2D eigenvalue weighted by molar-refractivity contribution is 0.306. The van der Waals surface area contributed by atoms with Gasteiger partial charge in [-0.25, -0.2) is 0 Å². The van der Waals surface area contributed by atoms with Gasteiger partial charge in [0.15, 0.2) is 0 Å². The van der Waals surface area contributed by atoms with Gasteiger partial charge >= 0.3 is 0 Å². The smallest absolute Gasteiger partial charge is 0.127 e. The van der Waals surface area contributed by atoms with E-state index in [0.29, 0.717) is 16.7 Å². The molecule has 154 valence electrons. The molecular weight excluding hydrogens is 429 g/mol. The van der Waals surface area contributed by atoms with E-state index in [2.05, 4.69) is 4.99 Å². The second-order valence-corrected chi connectivity index (χ2v) is 7.61. The van der Waals surface area contributed by atoms with Gasteiger partial charge in [0.05, 0.1) is 5.69 Å². The number of ether oxygens (including phenoxy) is 2. The van der Waals surface area contributed by atoms with Gasteiger partial charge in [0.25, 0.3) is 0 Å². The maximum absolute atomic E-state index is 6.21. The van der Waals surface area contributed by atoms with Gasteiger partial charge in [-0.3, -0.25) is 4.99 Å². The lowest BCUT2D eigenvalue weighted by Crippen LogP contribution is -1.96. The summed E-state index contributed by atoms with van der Waals surface area (Å²) in [5.74, 6) is 2.30. The predicted molar refractivity (Wildman–Crippen MR) is 127 cm³/mol. The van der Waals surface area contributed by atoms with Crippen molar-refractivity contribution in [2.75, 3.05) is 0 Å². The molecule has 0 aliphatic heterocycles. The Labute approximate surface area is 191 Å². The van der Waals surface area contributed by atoms with Crippen molar-refractivity contribution >= 4 is 35.1 Å². The van der Waals surface area contributed by atoms with E-state index in [1.54, 1.807) is 18.3 Å². The van der Waals surface area contributed by atoms with Crippen LogP contribution in [0.5, 0.6) is 17.2 Å². The molecule has 4 rings (SSSR count). The summed E-state index contributed by atoms with van der Waals surface area (Å²) in [5.41, 5.74) is 2.65. The van der Waals surface area contributed by atoms with Crippen LogP contribution >= 0.6 is 23.2 Å². The Balaban J connectivity index is 1.37. The van der Waals surface area contributed by atoms with E-state index in [9.17, 15) is 0 Å². The average molecular weight is 448 g/mol. The number of hydrogen-bond acceptors (Lipinski definition) is 3. The first-order valence-electron chi connectivity index (χ1n) is 9.69. The van der Waals surface area contributed by atoms with Crippen molar-refractivity contribution in [2.45, 2.75) is 6.61 Å². The molecule has 0 unspecified atom stereocenters. The van der Waals surface area contributed by atoms with Crippen molar-refractivity contribution in [3.63, 3.8) is 0 Å². The summed E-state index contributed by atoms with van der Waals surface area (Å²) in [7, 11) is 0. The molecule has 0 bridgehead atoms. The number of para-hydroxylation sites is 1. The normalized spacial score (nSPS) is 10.9. The highest BCUT2D eigenvalue weighted by Gasteiger charge is 2.03. The molecule has 0 amide bonds. The average Bonchev–Trinajstić information content (AvgIpc) is 2.79.